The van der Waals surface area contributed by atoms with Gasteiger partial charge in [0.05, 0.1) is 5.02 Å². The van der Waals surface area contributed by atoms with Crippen LogP contribution in [-0.4, -0.2) is 12.5 Å². The maximum atomic E-state index is 12.1. The van der Waals surface area contributed by atoms with Crippen molar-refractivity contribution in [1.29, 1.82) is 0 Å². The van der Waals surface area contributed by atoms with E-state index >= 15 is 0 Å². The molecule has 3 rings (SSSR count). The van der Waals surface area contributed by atoms with E-state index in [2.05, 4.69) is 26.6 Å². The molecule has 0 aliphatic rings. The van der Waals surface area contributed by atoms with E-state index in [1.54, 1.807) is 0 Å². The van der Waals surface area contributed by atoms with E-state index < -0.39 is 0 Å². The molecule has 0 aliphatic heterocycles. The van der Waals surface area contributed by atoms with Gasteiger partial charge in [-0.1, -0.05) is 41.4 Å². The summed E-state index contributed by atoms with van der Waals surface area (Å²) in [6.07, 6.45) is 0. The molecule has 28 heavy (non-hydrogen) atoms. The van der Waals surface area contributed by atoms with Gasteiger partial charge in [0.15, 0.2) is 6.61 Å². The number of amides is 1. The number of anilines is 2. The van der Waals surface area contributed by atoms with Crippen LogP contribution >= 0.6 is 27.5 Å². The Morgan fingerprint density at radius 2 is 1.79 bits per heavy atom. The van der Waals surface area contributed by atoms with Crippen LogP contribution in [0.5, 0.6) is 5.75 Å². The third-order valence-electron chi connectivity index (χ3n) is 4.02. The van der Waals surface area contributed by atoms with Crippen molar-refractivity contribution < 1.29 is 9.53 Å². The lowest BCUT2D eigenvalue weighted by molar-refractivity contribution is -0.118. The minimum atomic E-state index is -0.197. The summed E-state index contributed by atoms with van der Waals surface area (Å²) >= 11 is 9.49. The van der Waals surface area contributed by atoms with Crippen LogP contribution in [0.3, 0.4) is 0 Å². The van der Waals surface area contributed by atoms with Crippen LogP contribution < -0.4 is 15.4 Å². The summed E-state index contributed by atoms with van der Waals surface area (Å²) in [5.74, 6) is 0.448. The Kier molecular flexibility index (Phi) is 6.95. The van der Waals surface area contributed by atoms with Crippen LogP contribution in [0, 0.1) is 6.92 Å². The van der Waals surface area contributed by atoms with Crippen LogP contribution in [0.25, 0.3) is 0 Å². The molecular formula is C22H20BrClN2O2. The van der Waals surface area contributed by atoms with E-state index in [1.807, 2.05) is 73.7 Å². The second kappa shape index (κ2) is 9.62. The molecule has 0 aromatic heterocycles. The van der Waals surface area contributed by atoms with Crippen LogP contribution in [0.4, 0.5) is 11.4 Å². The number of carbonyl (C=O) groups is 1. The Balaban J connectivity index is 1.51. The first-order chi connectivity index (χ1) is 13.5. The minimum absolute atomic E-state index is 0.0485. The number of rotatable bonds is 7. The lowest BCUT2D eigenvalue weighted by atomic mass is 10.2. The van der Waals surface area contributed by atoms with Crippen LogP contribution in [0.1, 0.15) is 11.1 Å². The number of hydrogen-bond donors (Lipinski definition) is 2. The van der Waals surface area contributed by atoms with E-state index in [1.165, 1.54) is 0 Å². The summed E-state index contributed by atoms with van der Waals surface area (Å²) in [6, 6.07) is 21.0. The van der Waals surface area contributed by atoms with Gasteiger partial charge in [-0.3, -0.25) is 4.79 Å². The maximum absolute atomic E-state index is 12.1. The maximum Gasteiger partial charge on any atom is 0.262 e. The number of hydrogen-bond acceptors (Lipinski definition) is 3. The normalized spacial score (nSPS) is 10.4. The molecule has 0 spiro atoms. The first-order valence-electron chi connectivity index (χ1n) is 8.77. The molecule has 0 saturated heterocycles. The van der Waals surface area contributed by atoms with Gasteiger partial charge < -0.3 is 15.4 Å². The van der Waals surface area contributed by atoms with Gasteiger partial charge in [-0.2, -0.15) is 0 Å². The molecule has 6 heteroatoms. The summed E-state index contributed by atoms with van der Waals surface area (Å²) in [7, 11) is 0. The fraction of sp³-hybridized carbons (Fsp3) is 0.136. The van der Waals surface area contributed by atoms with E-state index in [0.29, 0.717) is 17.3 Å². The Hall–Kier alpha value is -2.50. The molecule has 4 nitrogen and oxygen atoms in total. The second-order valence-corrected chi connectivity index (χ2v) is 7.59. The van der Waals surface area contributed by atoms with Gasteiger partial charge in [-0.15, -0.1) is 0 Å². The molecule has 144 valence electrons. The predicted molar refractivity (Wildman–Crippen MR) is 118 cm³/mol. The summed E-state index contributed by atoms with van der Waals surface area (Å²) in [4.78, 5) is 12.1. The first-order valence-corrected chi connectivity index (χ1v) is 9.94. The summed E-state index contributed by atoms with van der Waals surface area (Å²) < 4.78 is 6.48. The molecule has 2 N–H and O–H groups in total. The van der Waals surface area contributed by atoms with Crippen molar-refractivity contribution in [2.45, 2.75) is 13.5 Å². The minimum Gasteiger partial charge on any atom is -0.484 e. The number of halogens is 2. The number of ether oxygens (including phenoxy) is 1. The summed E-state index contributed by atoms with van der Waals surface area (Å²) in [5.41, 5.74) is 3.86. The summed E-state index contributed by atoms with van der Waals surface area (Å²) in [5, 5.41) is 6.79. The zero-order chi connectivity index (χ0) is 19.9. The largest absolute Gasteiger partial charge is 0.484 e. The van der Waals surface area contributed by atoms with Gasteiger partial charge in [-0.05, 0) is 70.9 Å². The van der Waals surface area contributed by atoms with Crippen LogP contribution in [0.15, 0.2) is 71.2 Å². The van der Waals surface area contributed by atoms with E-state index in [0.717, 1.165) is 27.0 Å². The number of carbonyl (C=O) groups excluding carboxylic acids is 1. The molecule has 0 bridgehead atoms. The molecule has 0 radical (unpaired) electrons. The average molecular weight is 460 g/mol. The molecule has 3 aromatic carbocycles. The van der Waals surface area contributed by atoms with E-state index in [4.69, 9.17) is 16.3 Å². The Morgan fingerprint density at radius 1 is 1.04 bits per heavy atom. The number of aryl methyl sites for hydroxylation is 1. The number of benzene rings is 3. The van der Waals surface area contributed by atoms with Crippen molar-refractivity contribution in [3.63, 3.8) is 0 Å². The standard InChI is InChI=1S/C22H20BrClN2O2/c1-15-5-7-17(8-6-15)26-22(27)14-28-19-4-2-3-16(11-19)13-25-18-9-10-20(23)21(24)12-18/h2-12,25H,13-14H2,1H3,(H,26,27). The van der Waals surface area contributed by atoms with E-state index in [9.17, 15) is 4.79 Å². The monoisotopic (exact) mass is 458 g/mol. The van der Waals surface area contributed by atoms with E-state index in [-0.39, 0.29) is 12.5 Å². The van der Waals surface area contributed by atoms with Gasteiger partial charge in [0.2, 0.25) is 0 Å². The zero-order valence-electron chi connectivity index (χ0n) is 15.3. The molecule has 3 aromatic rings. The Bertz CT molecular complexity index is 961. The van der Waals surface area contributed by atoms with Crippen molar-refractivity contribution in [2.75, 3.05) is 17.2 Å². The highest BCUT2D eigenvalue weighted by molar-refractivity contribution is 9.10. The lowest BCUT2D eigenvalue weighted by Gasteiger charge is -2.11. The fourth-order valence-electron chi connectivity index (χ4n) is 2.54. The average Bonchev–Trinajstić information content (AvgIpc) is 2.69. The van der Waals surface area contributed by atoms with Crippen molar-refractivity contribution in [2.24, 2.45) is 0 Å². The van der Waals surface area contributed by atoms with Crippen molar-refractivity contribution in [1.82, 2.24) is 0 Å². The molecule has 0 unspecified atom stereocenters. The van der Waals surface area contributed by atoms with Crippen molar-refractivity contribution in [3.8, 4) is 5.75 Å². The van der Waals surface area contributed by atoms with Gasteiger partial charge >= 0.3 is 0 Å². The Labute approximate surface area is 178 Å². The third kappa shape index (κ3) is 6.01. The van der Waals surface area contributed by atoms with Crippen molar-refractivity contribution >= 4 is 44.8 Å². The SMILES string of the molecule is Cc1ccc(NC(=O)COc2cccc(CNc3ccc(Br)c(Cl)c3)c2)cc1. The third-order valence-corrected chi connectivity index (χ3v) is 5.25. The molecule has 0 atom stereocenters. The highest BCUT2D eigenvalue weighted by Gasteiger charge is 2.05. The zero-order valence-corrected chi connectivity index (χ0v) is 17.7. The highest BCUT2D eigenvalue weighted by Crippen LogP contribution is 2.26. The molecule has 0 saturated carbocycles. The summed E-state index contributed by atoms with van der Waals surface area (Å²) in [6.45, 7) is 2.57. The van der Waals surface area contributed by atoms with Crippen LogP contribution in [-0.2, 0) is 11.3 Å². The van der Waals surface area contributed by atoms with Gasteiger partial charge in [0.25, 0.3) is 5.91 Å². The fourth-order valence-corrected chi connectivity index (χ4v) is 2.97. The lowest BCUT2D eigenvalue weighted by Crippen LogP contribution is -2.20. The molecule has 0 heterocycles. The quantitative estimate of drug-likeness (QED) is 0.453. The number of nitrogens with one attached hydrogen (secondary N) is 2. The molecule has 0 fully saturated rings. The van der Waals surface area contributed by atoms with Crippen LogP contribution in [0.2, 0.25) is 5.02 Å². The van der Waals surface area contributed by atoms with Gasteiger partial charge in [0.1, 0.15) is 5.75 Å². The topological polar surface area (TPSA) is 50.4 Å². The molecule has 0 aliphatic carbocycles. The highest BCUT2D eigenvalue weighted by atomic mass is 79.9. The predicted octanol–water partition coefficient (Wildman–Crippen LogP) is 6.04. The van der Waals surface area contributed by atoms with Gasteiger partial charge in [0, 0.05) is 22.4 Å². The Morgan fingerprint density at radius 3 is 2.54 bits per heavy atom. The second-order valence-electron chi connectivity index (χ2n) is 6.33. The smallest absolute Gasteiger partial charge is 0.262 e. The molecule has 1 amide bonds. The van der Waals surface area contributed by atoms with Gasteiger partial charge in [-0.25, -0.2) is 0 Å². The van der Waals surface area contributed by atoms with Crippen molar-refractivity contribution in [3.05, 3.63) is 87.4 Å². The molecular weight excluding hydrogens is 440 g/mol. The first kappa shape index (κ1) is 20.2.